The fourth-order valence-corrected chi connectivity index (χ4v) is 2.62. The molecular formula is C18H32N2O4. The molecule has 0 radical (unpaired) electrons. The van der Waals surface area contributed by atoms with Gasteiger partial charge in [0, 0.05) is 19.6 Å². The molecule has 6 heteroatoms. The first-order valence-corrected chi connectivity index (χ1v) is 8.71. The van der Waals surface area contributed by atoms with Crippen molar-refractivity contribution < 1.29 is 19.1 Å². The van der Waals surface area contributed by atoms with Gasteiger partial charge in [0.1, 0.15) is 11.7 Å². The molecule has 1 fully saturated rings. The van der Waals surface area contributed by atoms with Crippen LogP contribution in [0.15, 0.2) is 12.7 Å². The van der Waals surface area contributed by atoms with Gasteiger partial charge in [-0.3, -0.25) is 4.79 Å². The van der Waals surface area contributed by atoms with Crippen LogP contribution in [-0.4, -0.2) is 54.8 Å². The van der Waals surface area contributed by atoms with Crippen molar-refractivity contribution in [3.8, 4) is 0 Å². The number of ether oxygens (including phenoxy) is 2. The predicted molar refractivity (Wildman–Crippen MR) is 93.8 cm³/mol. The van der Waals surface area contributed by atoms with E-state index in [-0.39, 0.29) is 12.0 Å². The molecule has 0 aromatic rings. The first kappa shape index (κ1) is 20.5. The zero-order chi connectivity index (χ0) is 18.2. The lowest BCUT2D eigenvalue weighted by molar-refractivity contribution is -0.131. The molecule has 1 aliphatic heterocycles. The van der Waals surface area contributed by atoms with E-state index in [1.165, 1.54) is 0 Å². The number of nitrogens with one attached hydrogen (secondary N) is 1. The van der Waals surface area contributed by atoms with E-state index >= 15 is 0 Å². The largest absolute Gasteiger partial charge is 0.444 e. The Hall–Kier alpha value is -1.56. The second kappa shape index (κ2) is 9.67. The minimum atomic E-state index is -0.479. The monoisotopic (exact) mass is 340 g/mol. The molecular weight excluding hydrogens is 308 g/mol. The quantitative estimate of drug-likeness (QED) is 0.724. The van der Waals surface area contributed by atoms with Gasteiger partial charge >= 0.3 is 6.09 Å². The summed E-state index contributed by atoms with van der Waals surface area (Å²) in [7, 11) is 0. The summed E-state index contributed by atoms with van der Waals surface area (Å²) in [5, 5.41) is 2.89. The molecule has 2 amide bonds. The Morgan fingerprint density at radius 1 is 1.42 bits per heavy atom. The summed E-state index contributed by atoms with van der Waals surface area (Å²) in [6.07, 6.45) is 3.78. The topological polar surface area (TPSA) is 67.9 Å². The molecule has 0 bridgehead atoms. The van der Waals surface area contributed by atoms with E-state index < -0.39 is 11.7 Å². The van der Waals surface area contributed by atoms with Crippen molar-refractivity contribution in [1.29, 1.82) is 0 Å². The predicted octanol–water partition coefficient (Wildman–Crippen LogP) is 2.73. The Bertz CT molecular complexity index is 431. The molecule has 138 valence electrons. The Balaban J connectivity index is 2.32. The number of carbonyl (C=O) groups is 2. The molecule has 0 unspecified atom stereocenters. The molecule has 1 saturated heterocycles. The summed E-state index contributed by atoms with van der Waals surface area (Å²) in [5.74, 6) is 0.271. The molecule has 0 spiro atoms. The third kappa shape index (κ3) is 7.81. The van der Waals surface area contributed by atoms with Crippen molar-refractivity contribution in [2.75, 3.05) is 26.2 Å². The van der Waals surface area contributed by atoms with Gasteiger partial charge in [-0.1, -0.05) is 6.08 Å². The van der Waals surface area contributed by atoms with Crippen molar-refractivity contribution in [1.82, 2.24) is 10.2 Å². The first-order valence-electron chi connectivity index (χ1n) is 8.71. The van der Waals surface area contributed by atoms with Gasteiger partial charge in [0.15, 0.2) is 0 Å². The first-order chi connectivity index (χ1) is 11.2. The normalized spacial score (nSPS) is 19.5. The van der Waals surface area contributed by atoms with E-state index in [4.69, 9.17) is 9.47 Å². The van der Waals surface area contributed by atoms with E-state index in [1.807, 2.05) is 20.8 Å². The highest BCUT2D eigenvalue weighted by molar-refractivity contribution is 5.80. The zero-order valence-electron chi connectivity index (χ0n) is 15.5. The number of rotatable bonds is 7. The van der Waals surface area contributed by atoms with Crippen molar-refractivity contribution in [3.05, 3.63) is 12.7 Å². The number of likely N-dealkylation sites (tertiary alicyclic amines) is 1. The van der Waals surface area contributed by atoms with Crippen molar-refractivity contribution in [3.63, 3.8) is 0 Å². The van der Waals surface area contributed by atoms with Gasteiger partial charge in [-0.25, -0.2) is 4.79 Å². The highest BCUT2D eigenvalue weighted by atomic mass is 16.6. The molecule has 0 aromatic heterocycles. The smallest absolute Gasteiger partial charge is 0.410 e. The standard InChI is InChI=1S/C18H32N2O4/c1-6-12-23-14(2)16(21)19-10-9-15-8-7-11-20(13-15)17(22)24-18(3,4)5/h6,14-15H,1,7-13H2,2-5H3,(H,19,21)/t14-,15-/m1/s1. The van der Waals surface area contributed by atoms with E-state index in [1.54, 1.807) is 17.9 Å². The molecule has 0 aliphatic carbocycles. The maximum atomic E-state index is 12.1. The molecule has 1 N–H and O–H groups in total. The Morgan fingerprint density at radius 3 is 2.75 bits per heavy atom. The van der Waals surface area contributed by atoms with Crippen LogP contribution in [0.4, 0.5) is 4.79 Å². The lowest BCUT2D eigenvalue weighted by Gasteiger charge is -2.34. The molecule has 0 aromatic carbocycles. The van der Waals surface area contributed by atoms with Gasteiger partial charge in [-0.2, -0.15) is 0 Å². The fourth-order valence-electron chi connectivity index (χ4n) is 2.62. The summed E-state index contributed by atoms with van der Waals surface area (Å²) in [4.78, 5) is 25.8. The summed E-state index contributed by atoms with van der Waals surface area (Å²) < 4.78 is 10.7. The van der Waals surface area contributed by atoms with Crippen LogP contribution in [0, 0.1) is 5.92 Å². The minimum Gasteiger partial charge on any atom is -0.444 e. The summed E-state index contributed by atoms with van der Waals surface area (Å²) in [6, 6.07) is 0. The van der Waals surface area contributed by atoms with Crippen molar-refractivity contribution in [2.45, 2.75) is 58.7 Å². The summed E-state index contributed by atoms with van der Waals surface area (Å²) in [6.45, 7) is 13.3. The van der Waals surface area contributed by atoms with Gasteiger partial charge in [-0.15, -0.1) is 6.58 Å². The molecule has 1 heterocycles. The number of carbonyl (C=O) groups excluding carboxylic acids is 2. The van der Waals surface area contributed by atoms with Gasteiger partial charge in [0.2, 0.25) is 5.91 Å². The second-order valence-electron chi connectivity index (χ2n) is 7.28. The van der Waals surface area contributed by atoms with Crippen LogP contribution in [0.5, 0.6) is 0 Å². The zero-order valence-corrected chi connectivity index (χ0v) is 15.5. The van der Waals surface area contributed by atoms with Crippen molar-refractivity contribution in [2.24, 2.45) is 5.92 Å². The van der Waals surface area contributed by atoms with Crippen LogP contribution in [0.2, 0.25) is 0 Å². The van der Waals surface area contributed by atoms with Crippen LogP contribution < -0.4 is 5.32 Å². The van der Waals surface area contributed by atoms with E-state index in [0.717, 1.165) is 25.8 Å². The van der Waals surface area contributed by atoms with Crippen molar-refractivity contribution >= 4 is 12.0 Å². The number of hydrogen-bond donors (Lipinski definition) is 1. The van der Waals surface area contributed by atoms with E-state index in [9.17, 15) is 9.59 Å². The summed E-state index contributed by atoms with van der Waals surface area (Å²) >= 11 is 0. The lowest BCUT2D eigenvalue weighted by Crippen LogP contribution is -2.43. The molecule has 2 atom stereocenters. The van der Waals surface area contributed by atoms with E-state index in [2.05, 4.69) is 11.9 Å². The van der Waals surface area contributed by atoms with Gasteiger partial charge in [0.05, 0.1) is 6.61 Å². The van der Waals surface area contributed by atoms with Crippen LogP contribution in [0.1, 0.15) is 47.0 Å². The maximum Gasteiger partial charge on any atom is 0.410 e. The lowest BCUT2D eigenvalue weighted by atomic mass is 9.95. The maximum absolute atomic E-state index is 12.1. The number of nitrogens with zero attached hydrogens (tertiary/aromatic N) is 1. The van der Waals surface area contributed by atoms with Gasteiger partial charge in [0.25, 0.3) is 0 Å². The van der Waals surface area contributed by atoms with Crippen LogP contribution in [0.25, 0.3) is 0 Å². The molecule has 1 rings (SSSR count). The van der Waals surface area contributed by atoms with Crippen LogP contribution >= 0.6 is 0 Å². The van der Waals surface area contributed by atoms with Gasteiger partial charge < -0.3 is 19.7 Å². The third-order valence-electron chi connectivity index (χ3n) is 3.86. The minimum absolute atomic E-state index is 0.114. The van der Waals surface area contributed by atoms with Gasteiger partial charge in [-0.05, 0) is 52.9 Å². The second-order valence-corrected chi connectivity index (χ2v) is 7.28. The fraction of sp³-hybridized carbons (Fsp3) is 0.778. The Morgan fingerprint density at radius 2 is 2.12 bits per heavy atom. The van der Waals surface area contributed by atoms with Crippen LogP contribution in [-0.2, 0) is 14.3 Å². The average molecular weight is 340 g/mol. The average Bonchev–Trinajstić information content (AvgIpc) is 2.51. The Kier molecular flexibility index (Phi) is 8.25. The molecule has 24 heavy (non-hydrogen) atoms. The SMILES string of the molecule is C=CCO[C@H](C)C(=O)NCC[C@H]1CCCN(C(=O)OC(C)(C)C)C1. The number of amides is 2. The highest BCUT2D eigenvalue weighted by Crippen LogP contribution is 2.21. The highest BCUT2D eigenvalue weighted by Gasteiger charge is 2.27. The number of hydrogen-bond acceptors (Lipinski definition) is 4. The Labute approximate surface area is 145 Å². The van der Waals surface area contributed by atoms with E-state index in [0.29, 0.717) is 25.6 Å². The summed E-state index contributed by atoms with van der Waals surface area (Å²) in [5.41, 5.74) is -0.473. The molecule has 6 nitrogen and oxygen atoms in total. The molecule has 1 aliphatic rings. The van der Waals surface area contributed by atoms with Crippen LogP contribution in [0.3, 0.4) is 0 Å². The molecule has 0 saturated carbocycles. The third-order valence-corrected chi connectivity index (χ3v) is 3.86. The number of piperidine rings is 1.